The number of amides is 1. The van der Waals surface area contributed by atoms with Crippen molar-refractivity contribution in [1.82, 2.24) is 0 Å². The van der Waals surface area contributed by atoms with E-state index in [-0.39, 0.29) is 16.9 Å². The molecule has 0 bridgehead atoms. The molecular formula is C30H18ClNO3. The maximum atomic E-state index is 13.8. The zero-order chi connectivity index (χ0) is 24.1. The highest BCUT2D eigenvalue weighted by Crippen LogP contribution is 2.31. The lowest BCUT2D eigenvalue weighted by molar-refractivity contribution is -0.117. The second kappa shape index (κ2) is 8.12. The summed E-state index contributed by atoms with van der Waals surface area (Å²) in [5.41, 5.74) is 2.73. The minimum absolute atomic E-state index is 0.0182. The van der Waals surface area contributed by atoms with E-state index in [1.807, 2.05) is 60.7 Å². The van der Waals surface area contributed by atoms with Crippen molar-refractivity contribution in [2.45, 2.75) is 0 Å². The van der Waals surface area contributed by atoms with Gasteiger partial charge >= 0.3 is 0 Å². The number of para-hydroxylation sites is 1. The molecule has 1 amide bonds. The predicted octanol–water partition coefficient (Wildman–Crippen LogP) is 4.28. The summed E-state index contributed by atoms with van der Waals surface area (Å²) in [6.07, 6.45) is 3.50. The summed E-state index contributed by atoms with van der Waals surface area (Å²) >= 11 is 6.20. The molecule has 2 aliphatic carbocycles. The van der Waals surface area contributed by atoms with Gasteiger partial charge in [-0.3, -0.25) is 9.59 Å². The van der Waals surface area contributed by atoms with Crippen LogP contribution in [0.15, 0.2) is 90.5 Å². The molecule has 4 aromatic carbocycles. The Hall–Kier alpha value is -4.41. The number of phenols is 1. The highest BCUT2D eigenvalue weighted by molar-refractivity contribution is 6.43. The Bertz CT molecular complexity index is 1840. The maximum Gasteiger partial charge on any atom is 0.259 e. The summed E-state index contributed by atoms with van der Waals surface area (Å²) in [7, 11) is 0. The monoisotopic (exact) mass is 475 g/mol. The molecule has 5 heteroatoms. The van der Waals surface area contributed by atoms with Gasteiger partial charge in [0.2, 0.25) is 0 Å². The standard InChI is InChI=1S/C30H18ClNO3/c31-25-11-5-6-12-26(25)32-30(35)24-16-18-8-2-4-10-20(18)27(29(24)34)22-14-13-21-19-9-3-1-7-17(19)15-23(21)28(22)33/h1-16,33H,(H,32,35). The lowest BCUT2D eigenvalue weighted by Gasteiger charge is -2.19. The highest BCUT2D eigenvalue weighted by Gasteiger charge is 2.30. The second-order valence-electron chi connectivity index (χ2n) is 8.44. The van der Waals surface area contributed by atoms with E-state index in [0.717, 1.165) is 21.2 Å². The van der Waals surface area contributed by atoms with Crippen LogP contribution in [0.25, 0.3) is 17.7 Å². The minimum Gasteiger partial charge on any atom is -0.507 e. The number of carbonyl (C=O) groups excluding carboxylic acids is 2. The van der Waals surface area contributed by atoms with E-state index >= 15 is 0 Å². The molecule has 2 N–H and O–H groups in total. The predicted molar refractivity (Wildman–Crippen MR) is 137 cm³/mol. The largest absolute Gasteiger partial charge is 0.507 e. The fourth-order valence-electron chi connectivity index (χ4n) is 4.73. The van der Waals surface area contributed by atoms with Crippen molar-refractivity contribution in [3.05, 3.63) is 133 Å². The first kappa shape index (κ1) is 21.1. The van der Waals surface area contributed by atoms with Gasteiger partial charge in [-0.05, 0) is 57.1 Å². The normalized spacial score (nSPS) is 14.9. The first-order chi connectivity index (χ1) is 17.0. The molecule has 35 heavy (non-hydrogen) atoms. The number of ketones is 1. The summed E-state index contributed by atoms with van der Waals surface area (Å²) in [4.78, 5) is 27.0. The van der Waals surface area contributed by atoms with Gasteiger partial charge in [0.05, 0.1) is 16.3 Å². The lowest BCUT2D eigenvalue weighted by atomic mass is 9.84. The molecule has 0 heterocycles. The Labute approximate surface area is 205 Å². The number of carbonyl (C=O) groups is 2. The average Bonchev–Trinajstić information content (AvgIpc) is 3.25. The van der Waals surface area contributed by atoms with Crippen molar-refractivity contribution in [3.8, 4) is 5.75 Å². The number of rotatable bonds is 2. The van der Waals surface area contributed by atoms with Gasteiger partial charge in [-0.25, -0.2) is 0 Å². The van der Waals surface area contributed by atoms with E-state index in [0.29, 0.717) is 27.1 Å². The van der Waals surface area contributed by atoms with E-state index in [1.54, 1.807) is 36.4 Å². The van der Waals surface area contributed by atoms with Gasteiger partial charge in [0, 0.05) is 16.4 Å². The topological polar surface area (TPSA) is 66.4 Å². The van der Waals surface area contributed by atoms with Gasteiger partial charge in [0.25, 0.3) is 5.91 Å². The summed E-state index contributed by atoms with van der Waals surface area (Å²) < 4.78 is 0. The molecule has 0 saturated heterocycles. The Balaban J connectivity index is 1.56. The molecule has 0 spiro atoms. The number of nitrogens with one attached hydrogen (secondary N) is 1. The average molecular weight is 476 g/mol. The summed E-state index contributed by atoms with van der Waals surface area (Å²) in [6, 6.07) is 25.8. The lowest BCUT2D eigenvalue weighted by Crippen LogP contribution is -2.27. The molecule has 0 fully saturated rings. The minimum atomic E-state index is -0.560. The van der Waals surface area contributed by atoms with Gasteiger partial charge in [0.1, 0.15) is 5.75 Å². The van der Waals surface area contributed by atoms with Gasteiger partial charge < -0.3 is 10.4 Å². The molecule has 4 nitrogen and oxygen atoms in total. The summed E-state index contributed by atoms with van der Waals surface area (Å²) in [6.45, 7) is 0. The third kappa shape index (κ3) is 3.38. The Morgan fingerprint density at radius 2 is 1.49 bits per heavy atom. The molecule has 0 aromatic heterocycles. The molecule has 0 unspecified atom stereocenters. The first-order valence-electron chi connectivity index (χ1n) is 11.1. The maximum absolute atomic E-state index is 13.8. The quantitative estimate of drug-likeness (QED) is 0.374. The molecule has 0 atom stereocenters. The van der Waals surface area contributed by atoms with Crippen LogP contribution < -0.4 is 15.8 Å². The zero-order valence-electron chi connectivity index (χ0n) is 18.4. The Morgan fingerprint density at radius 3 is 2.34 bits per heavy atom. The van der Waals surface area contributed by atoms with Crippen molar-refractivity contribution in [1.29, 1.82) is 0 Å². The van der Waals surface area contributed by atoms with E-state index in [4.69, 9.17) is 11.6 Å². The molecule has 0 radical (unpaired) electrons. The number of benzene rings is 4. The molecule has 0 aliphatic heterocycles. The van der Waals surface area contributed by atoms with Crippen molar-refractivity contribution in [2.75, 3.05) is 5.32 Å². The van der Waals surface area contributed by atoms with Crippen molar-refractivity contribution in [3.63, 3.8) is 0 Å². The van der Waals surface area contributed by atoms with Crippen LogP contribution in [0.1, 0.15) is 16.7 Å². The van der Waals surface area contributed by atoms with Crippen LogP contribution >= 0.6 is 11.6 Å². The molecule has 168 valence electrons. The van der Waals surface area contributed by atoms with Crippen LogP contribution in [0.2, 0.25) is 5.02 Å². The Kier molecular flexibility index (Phi) is 4.90. The number of fused-ring (bicyclic) bond motifs is 3. The van der Waals surface area contributed by atoms with Crippen LogP contribution in [0.4, 0.5) is 5.69 Å². The van der Waals surface area contributed by atoms with E-state index in [2.05, 4.69) is 5.32 Å². The third-order valence-corrected chi connectivity index (χ3v) is 6.74. The van der Waals surface area contributed by atoms with E-state index in [1.165, 1.54) is 0 Å². The third-order valence-electron chi connectivity index (χ3n) is 6.41. The second-order valence-corrected chi connectivity index (χ2v) is 8.85. The number of phenolic OH excluding ortho intramolecular Hbond substituents is 1. The van der Waals surface area contributed by atoms with Gasteiger partial charge in [-0.2, -0.15) is 0 Å². The number of hydrogen-bond acceptors (Lipinski definition) is 3. The van der Waals surface area contributed by atoms with Gasteiger partial charge in [-0.15, -0.1) is 0 Å². The van der Waals surface area contributed by atoms with Crippen molar-refractivity contribution >= 4 is 46.7 Å². The highest BCUT2D eigenvalue weighted by atomic mass is 35.5. The van der Waals surface area contributed by atoms with Gasteiger partial charge in [-0.1, -0.05) is 78.3 Å². The van der Waals surface area contributed by atoms with E-state index < -0.39 is 11.7 Å². The Morgan fingerprint density at radius 1 is 0.771 bits per heavy atom. The smallest absolute Gasteiger partial charge is 0.259 e. The fourth-order valence-corrected chi connectivity index (χ4v) is 4.91. The molecule has 6 rings (SSSR count). The number of anilines is 1. The molecular weight excluding hydrogens is 458 g/mol. The number of aromatic hydroxyl groups is 1. The first-order valence-corrected chi connectivity index (χ1v) is 11.5. The zero-order valence-corrected chi connectivity index (χ0v) is 19.1. The number of halogens is 1. The number of Topliss-reactive ketones (excluding diaryl/α,β-unsaturated/α-hetero) is 1. The number of hydrogen-bond donors (Lipinski definition) is 2. The van der Waals surface area contributed by atoms with Crippen molar-refractivity contribution in [2.24, 2.45) is 0 Å². The van der Waals surface area contributed by atoms with Crippen LogP contribution in [-0.2, 0) is 9.59 Å². The van der Waals surface area contributed by atoms with E-state index in [9.17, 15) is 14.7 Å². The van der Waals surface area contributed by atoms with Crippen LogP contribution in [0.3, 0.4) is 0 Å². The van der Waals surface area contributed by atoms with Crippen LogP contribution in [-0.4, -0.2) is 16.8 Å². The molecule has 0 saturated carbocycles. The van der Waals surface area contributed by atoms with Gasteiger partial charge in [0.15, 0.2) is 5.78 Å². The SMILES string of the molecule is O=C(Nc1ccccc1Cl)C1=Cc2ccccc2C(=c2ccc3c(c2O)C=c2ccccc2=3)C1=O. The summed E-state index contributed by atoms with van der Waals surface area (Å²) in [5.74, 6) is -1.00. The molecule has 4 aromatic rings. The van der Waals surface area contributed by atoms with Crippen LogP contribution in [0.5, 0.6) is 5.75 Å². The van der Waals surface area contributed by atoms with Crippen molar-refractivity contribution < 1.29 is 14.7 Å². The summed E-state index contributed by atoms with van der Waals surface area (Å²) in [5, 5.41) is 17.8. The van der Waals surface area contributed by atoms with Crippen LogP contribution in [0, 0.1) is 10.4 Å². The fraction of sp³-hybridized carbons (Fsp3) is 0. The molecule has 2 aliphatic rings.